The van der Waals surface area contributed by atoms with Gasteiger partial charge in [0.15, 0.2) is 0 Å². The van der Waals surface area contributed by atoms with Crippen LogP contribution in [0.3, 0.4) is 0 Å². The molecule has 4 rings (SSSR count). The maximum atomic E-state index is 13.2. The molecule has 1 aliphatic rings. The minimum Gasteiger partial charge on any atom is -0.463 e. The Morgan fingerprint density at radius 3 is 2.64 bits per heavy atom. The number of carbonyl (C=O) groups is 2. The molecule has 1 aromatic carbocycles. The molecule has 36 heavy (non-hydrogen) atoms. The third-order valence-corrected chi connectivity index (χ3v) is 5.69. The molecular weight excluding hydrogens is 479 g/mol. The van der Waals surface area contributed by atoms with Crippen molar-refractivity contribution in [2.45, 2.75) is 38.7 Å². The lowest BCUT2D eigenvalue weighted by atomic mass is 10.0. The van der Waals surface area contributed by atoms with E-state index in [1.54, 1.807) is 19.4 Å². The summed E-state index contributed by atoms with van der Waals surface area (Å²) in [6.07, 6.45) is 0.173. The largest absolute Gasteiger partial charge is 0.573 e. The van der Waals surface area contributed by atoms with Gasteiger partial charge in [-0.1, -0.05) is 0 Å². The van der Waals surface area contributed by atoms with Crippen molar-refractivity contribution < 1.29 is 32.6 Å². The molecule has 12 heteroatoms. The van der Waals surface area contributed by atoms with Crippen LogP contribution < -0.4 is 15.7 Å². The average molecular weight is 503 g/mol. The Bertz CT molecular complexity index is 1360. The number of amides is 2. The number of alkyl halides is 3. The number of carboxylic acid groups (broad SMARTS) is 1. The average Bonchev–Trinajstić information content (AvgIpc) is 3.57. The zero-order valence-corrected chi connectivity index (χ0v) is 19.5. The van der Waals surface area contributed by atoms with Gasteiger partial charge in [0.1, 0.15) is 5.75 Å². The van der Waals surface area contributed by atoms with E-state index >= 15 is 0 Å². The Morgan fingerprint density at radius 2 is 2.00 bits per heavy atom. The number of nitrogens with zero attached hydrogens (tertiary/aromatic N) is 4. The van der Waals surface area contributed by atoms with Crippen LogP contribution in [-0.2, 0) is 13.6 Å². The summed E-state index contributed by atoms with van der Waals surface area (Å²) in [5.41, 5.74) is 1.99. The highest BCUT2D eigenvalue weighted by Crippen LogP contribution is 2.40. The number of aromatic nitrogens is 3. The molecule has 0 bridgehead atoms. The normalized spacial score (nSPS) is 15.0. The van der Waals surface area contributed by atoms with Gasteiger partial charge in [0.05, 0.1) is 18.3 Å². The van der Waals surface area contributed by atoms with Crippen molar-refractivity contribution in [1.29, 1.82) is 0 Å². The predicted molar refractivity (Wildman–Crippen MR) is 121 cm³/mol. The molecule has 1 atom stereocenters. The maximum Gasteiger partial charge on any atom is 0.573 e. The minimum absolute atomic E-state index is 0.0293. The Morgan fingerprint density at radius 1 is 1.25 bits per heavy atom. The first kappa shape index (κ1) is 25.0. The number of pyridine rings is 1. The number of hydrogen-bond acceptors (Lipinski definition) is 4. The molecule has 1 fully saturated rings. The first-order valence-corrected chi connectivity index (χ1v) is 11.1. The fourth-order valence-corrected chi connectivity index (χ4v) is 3.96. The summed E-state index contributed by atoms with van der Waals surface area (Å²) in [7, 11) is 1.58. The zero-order chi connectivity index (χ0) is 26.0. The van der Waals surface area contributed by atoms with E-state index in [1.165, 1.54) is 21.4 Å². The Hall–Kier alpha value is -4.09. The summed E-state index contributed by atoms with van der Waals surface area (Å²) in [5.74, 6) is -0.940. The molecule has 0 aliphatic heterocycles. The third-order valence-electron chi connectivity index (χ3n) is 5.69. The van der Waals surface area contributed by atoms with Crippen LogP contribution in [0.1, 0.15) is 46.1 Å². The lowest BCUT2D eigenvalue weighted by molar-refractivity contribution is -0.274. The van der Waals surface area contributed by atoms with E-state index in [9.17, 15) is 22.8 Å². The van der Waals surface area contributed by atoms with Gasteiger partial charge in [0.2, 0.25) is 5.62 Å². The van der Waals surface area contributed by atoms with Crippen LogP contribution in [0.5, 0.6) is 5.75 Å². The fourth-order valence-electron chi connectivity index (χ4n) is 3.96. The van der Waals surface area contributed by atoms with Gasteiger partial charge in [-0.25, -0.2) is 4.79 Å². The van der Waals surface area contributed by atoms with E-state index in [1.807, 2.05) is 19.1 Å². The molecule has 0 saturated heterocycles. The van der Waals surface area contributed by atoms with E-state index in [0.717, 1.165) is 30.5 Å². The zero-order valence-electron chi connectivity index (χ0n) is 19.5. The van der Waals surface area contributed by atoms with Gasteiger partial charge in [0.25, 0.3) is 5.91 Å². The summed E-state index contributed by atoms with van der Waals surface area (Å²) < 4.78 is 46.0. The van der Waals surface area contributed by atoms with Crippen molar-refractivity contribution in [2.75, 3.05) is 0 Å². The van der Waals surface area contributed by atoms with Crippen molar-refractivity contribution in [2.24, 2.45) is 18.0 Å². The lowest BCUT2D eigenvalue weighted by Gasteiger charge is -2.19. The monoisotopic (exact) mass is 503 g/mol. The summed E-state index contributed by atoms with van der Waals surface area (Å²) in [6.45, 7) is 1.86. The van der Waals surface area contributed by atoms with E-state index in [2.05, 4.69) is 20.0 Å². The van der Waals surface area contributed by atoms with Crippen LogP contribution in [0.4, 0.5) is 18.0 Å². The van der Waals surface area contributed by atoms with Crippen molar-refractivity contribution in [3.05, 3.63) is 76.9 Å². The first-order valence-electron chi connectivity index (χ1n) is 11.1. The maximum absolute atomic E-state index is 13.2. The van der Waals surface area contributed by atoms with Crippen molar-refractivity contribution in [1.82, 2.24) is 19.4 Å². The fraction of sp³-hybridized carbons (Fsp3) is 0.333. The van der Waals surface area contributed by atoms with Crippen LogP contribution in [0, 0.1) is 12.8 Å². The molecule has 0 radical (unpaired) electrons. The van der Waals surface area contributed by atoms with Gasteiger partial charge >= 0.3 is 12.5 Å². The number of imidazole rings is 1. The molecule has 2 N–H and O–H groups in total. The lowest BCUT2D eigenvalue weighted by Crippen LogP contribution is -2.31. The molecule has 3 aromatic rings. The van der Waals surface area contributed by atoms with E-state index in [4.69, 9.17) is 5.11 Å². The highest BCUT2D eigenvalue weighted by atomic mass is 19.4. The first-order chi connectivity index (χ1) is 17.0. The van der Waals surface area contributed by atoms with E-state index < -0.39 is 24.1 Å². The van der Waals surface area contributed by atoms with Crippen molar-refractivity contribution in [3.8, 4) is 5.75 Å². The summed E-state index contributed by atoms with van der Waals surface area (Å²) >= 11 is 0. The van der Waals surface area contributed by atoms with E-state index in [-0.39, 0.29) is 35.2 Å². The second-order valence-corrected chi connectivity index (χ2v) is 8.69. The predicted octanol–water partition coefficient (Wildman–Crippen LogP) is 3.94. The number of benzene rings is 1. The van der Waals surface area contributed by atoms with Crippen LogP contribution in [0.2, 0.25) is 0 Å². The molecule has 2 aromatic heterocycles. The van der Waals surface area contributed by atoms with Gasteiger partial charge < -0.3 is 24.3 Å². The number of rotatable bonds is 7. The molecule has 1 aliphatic carbocycles. The smallest absolute Gasteiger partial charge is 0.463 e. The number of halogens is 3. The number of aryl methyl sites for hydroxylation is 2. The van der Waals surface area contributed by atoms with Crippen molar-refractivity contribution >= 4 is 12.0 Å². The SMILES string of the molecule is Cc1ccnc([C@@H](NC(=O)c2cc(Cn3ccn(C)c3=NC(=O)O)cc(OC(F)(F)F)c2)C2CC2)c1. The molecule has 9 nitrogen and oxygen atoms in total. The quantitative estimate of drug-likeness (QED) is 0.508. The molecule has 0 unspecified atom stereocenters. The van der Waals surface area contributed by atoms with Gasteiger partial charge in [-0.15, -0.1) is 18.2 Å². The van der Waals surface area contributed by atoms with Crippen molar-refractivity contribution in [3.63, 3.8) is 0 Å². The minimum atomic E-state index is -4.96. The van der Waals surface area contributed by atoms with Crippen LogP contribution in [0.15, 0.2) is 53.9 Å². The number of carbonyl (C=O) groups excluding carboxylic acids is 1. The highest BCUT2D eigenvalue weighted by Gasteiger charge is 2.35. The summed E-state index contributed by atoms with van der Waals surface area (Å²) in [5, 5.41) is 12.0. The van der Waals surface area contributed by atoms with Crippen LogP contribution >= 0.6 is 0 Å². The number of nitrogens with one attached hydrogen (secondary N) is 1. The number of hydrogen-bond donors (Lipinski definition) is 2. The number of ether oxygens (including phenoxy) is 1. The molecule has 2 amide bonds. The second kappa shape index (κ2) is 9.88. The van der Waals surface area contributed by atoms with Gasteiger partial charge in [-0.05, 0) is 67.1 Å². The molecule has 1 saturated carbocycles. The highest BCUT2D eigenvalue weighted by molar-refractivity contribution is 5.95. The summed E-state index contributed by atoms with van der Waals surface area (Å²) in [4.78, 5) is 32.2. The Kier molecular flexibility index (Phi) is 6.86. The van der Waals surface area contributed by atoms with Gasteiger partial charge in [-0.3, -0.25) is 9.78 Å². The van der Waals surface area contributed by atoms with Gasteiger partial charge in [-0.2, -0.15) is 0 Å². The molecule has 2 heterocycles. The standard InChI is InChI=1S/C24H24F3N5O4/c1-14-5-6-28-19(9-14)20(16-3-4-16)29-21(33)17-10-15(11-18(12-17)36-24(25,26)27)13-32-8-7-31(2)22(32)30-23(34)35/h5-12,16,20H,3-4,13H2,1-2H3,(H,29,33)(H,34,35)/t20-/m0/s1. The Labute approximate surface area is 203 Å². The van der Waals surface area contributed by atoms with Crippen LogP contribution in [-0.4, -0.2) is 37.6 Å². The Balaban J connectivity index is 1.67. The van der Waals surface area contributed by atoms with Crippen LogP contribution in [0.25, 0.3) is 0 Å². The molecular formula is C24H24F3N5O4. The molecule has 190 valence electrons. The summed E-state index contributed by atoms with van der Waals surface area (Å²) in [6, 6.07) is 6.95. The molecule has 0 spiro atoms. The topological polar surface area (TPSA) is 111 Å². The second-order valence-electron chi connectivity index (χ2n) is 8.69. The van der Waals surface area contributed by atoms with Gasteiger partial charge in [0, 0.05) is 31.2 Å². The van der Waals surface area contributed by atoms with E-state index in [0.29, 0.717) is 5.69 Å². The third kappa shape index (κ3) is 6.32.